The molecule has 0 saturated carbocycles. The van der Waals surface area contributed by atoms with Gasteiger partial charge in [0.25, 0.3) is 0 Å². The number of pyridine rings is 1. The van der Waals surface area contributed by atoms with Gasteiger partial charge in [0, 0.05) is 13.1 Å². The van der Waals surface area contributed by atoms with Crippen LogP contribution < -0.4 is 16.4 Å². The van der Waals surface area contributed by atoms with E-state index in [1.54, 1.807) is 6.07 Å². The van der Waals surface area contributed by atoms with Gasteiger partial charge in [-0.3, -0.25) is 0 Å². The monoisotopic (exact) mass is 208 g/mol. The second-order valence-corrected chi connectivity index (χ2v) is 3.73. The second-order valence-electron chi connectivity index (χ2n) is 3.73. The third kappa shape index (κ3) is 2.52. The first-order chi connectivity index (χ1) is 7.10. The molecular formula is C11H20N4. The molecule has 0 spiro atoms. The number of anilines is 3. The summed E-state index contributed by atoms with van der Waals surface area (Å²) in [6, 6.07) is 4.21. The average molecular weight is 208 g/mol. The van der Waals surface area contributed by atoms with Crippen molar-refractivity contribution in [2.75, 3.05) is 23.4 Å². The van der Waals surface area contributed by atoms with Crippen LogP contribution in [-0.2, 0) is 0 Å². The molecule has 0 bridgehead atoms. The molecule has 0 aliphatic carbocycles. The van der Waals surface area contributed by atoms with E-state index in [0.717, 1.165) is 18.7 Å². The molecule has 0 radical (unpaired) electrons. The Morgan fingerprint density at radius 1 is 1.27 bits per heavy atom. The van der Waals surface area contributed by atoms with E-state index in [-0.39, 0.29) is 0 Å². The molecule has 1 aromatic rings. The Morgan fingerprint density at radius 2 is 1.87 bits per heavy atom. The average Bonchev–Trinajstić information content (AvgIpc) is 2.23. The summed E-state index contributed by atoms with van der Waals surface area (Å²) in [5, 5.41) is 0. The maximum absolute atomic E-state index is 5.68. The van der Waals surface area contributed by atoms with Gasteiger partial charge >= 0.3 is 0 Å². The summed E-state index contributed by atoms with van der Waals surface area (Å²) in [5.41, 5.74) is 11.8. The first-order valence-corrected chi connectivity index (χ1v) is 5.34. The summed E-state index contributed by atoms with van der Waals surface area (Å²) in [4.78, 5) is 6.42. The Balaban J connectivity index is 2.90. The Morgan fingerprint density at radius 3 is 2.33 bits per heavy atom. The Labute approximate surface area is 91.3 Å². The van der Waals surface area contributed by atoms with Crippen molar-refractivity contribution in [1.29, 1.82) is 0 Å². The first-order valence-electron chi connectivity index (χ1n) is 5.34. The minimum absolute atomic E-state index is 0.408. The quantitative estimate of drug-likeness (QED) is 0.792. The molecule has 0 aliphatic heterocycles. The van der Waals surface area contributed by atoms with Gasteiger partial charge in [0.2, 0.25) is 0 Å². The molecule has 1 heterocycles. The second kappa shape index (κ2) is 4.87. The van der Waals surface area contributed by atoms with Crippen LogP contribution in [0.2, 0.25) is 0 Å². The van der Waals surface area contributed by atoms with Crippen LogP contribution in [0.5, 0.6) is 0 Å². The van der Waals surface area contributed by atoms with E-state index in [1.807, 2.05) is 13.1 Å². The predicted octanol–water partition coefficient (Wildman–Crippen LogP) is 1.87. The lowest BCUT2D eigenvalue weighted by Gasteiger charge is -2.27. The first kappa shape index (κ1) is 11.6. The molecule has 4 nitrogen and oxygen atoms in total. The number of nitrogens with two attached hydrogens (primary N) is 2. The van der Waals surface area contributed by atoms with Crippen molar-refractivity contribution in [3.05, 3.63) is 12.1 Å². The van der Waals surface area contributed by atoms with Crippen LogP contribution in [0.1, 0.15) is 26.7 Å². The molecule has 0 saturated heterocycles. The van der Waals surface area contributed by atoms with Crippen molar-refractivity contribution in [2.24, 2.45) is 0 Å². The van der Waals surface area contributed by atoms with Crippen molar-refractivity contribution >= 4 is 17.3 Å². The molecule has 0 aliphatic rings. The molecular weight excluding hydrogens is 188 g/mol. The van der Waals surface area contributed by atoms with Gasteiger partial charge in [-0.15, -0.1) is 0 Å². The summed E-state index contributed by atoms with van der Waals surface area (Å²) < 4.78 is 0. The molecule has 0 aromatic carbocycles. The van der Waals surface area contributed by atoms with Crippen molar-refractivity contribution in [1.82, 2.24) is 4.98 Å². The minimum atomic E-state index is 0.408. The molecule has 1 aromatic heterocycles. The fourth-order valence-electron chi connectivity index (χ4n) is 1.69. The Kier molecular flexibility index (Phi) is 3.77. The van der Waals surface area contributed by atoms with E-state index >= 15 is 0 Å². The number of hydrogen-bond acceptors (Lipinski definition) is 4. The fourth-order valence-corrected chi connectivity index (χ4v) is 1.69. The van der Waals surface area contributed by atoms with E-state index in [4.69, 9.17) is 11.5 Å². The van der Waals surface area contributed by atoms with Gasteiger partial charge in [0.05, 0.1) is 5.69 Å². The molecule has 15 heavy (non-hydrogen) atoms. The van der Waals surface area contributed by atoms with E-state index < -0.39 is 0 Å². The number of nitrogens with zero attached hydrogens (tertiary/aromatic N) is 2. The summed E-state index contributed by atoms with van der Waals surface area (Å²) in [5.74, 6) is 1.29. The SMILES string of the molecule is CCC(CC)N(C)c1ccc(N)c(N)n1. The van der Waals surface area contributed by atoms with Gasteiger partial charge < -0.3 is 16.4 Å². The van der Waals surface area contributed by atoms with Gasteiger partial charge in [-0.05, 0) is 25.0 Å². The minimum Gasteiger partial charge on any atom is -0.396 e. The van der Waals surface area contributed by atoms with Crippen LogP contribution in [0.15, 0.2) is 12.1 Å². The van der Waals surface area contributed by atoms with Crippen LogP contribution in [0.4, 0.5) is 17.3 Å². The lowest BCUT2D eigenvalue weighted by Crippen LogP contribution is -2.31. The molecule has 0 amide bonds. The van der Waals surface area contributed by atoms with Crippen LogP contribution in [-0.4, -0.2) is 18.1 Å². The van der Waals surface area contributed by atoms with Crippen molar-refractivity contribution in [2.45, 2.75) is 32.7 Å². The molecule has 84 valence electrons. The van der Waals surface area contributed by atoms with Crippen LogP contribution in [0, 0.1) is 0 Å². The van der Waals surface area contributed by atoms with Gasteiger partial charge in [-0.1, -0.05) is 13.8 Å². The number of hydrogen-bond donors (Lipinski definition) is 2. The lowest BCUT2D eigenvalue weighted by molar-refractivity contribution is 0.587. The topological polar surface area (TPSA) is 68.2 Å². The van der Waals surface area contributed by atoms with Crippen molar-refractivity contribution in [3.8, 4) is 0 Å². The van der Waals surface area contributed by atoms with Gasteiger partial charge in [-0.25, -0.2) is 4.98 Å². The molecule has 4 heteroatoms. The summed E-state index contributed by atoms with van der Waals surface area (Å²) in [6.45, 7) is 4.34. The Bertz CT molecular complexity index is 320. The van der Waals surface area contributed by atoms with Crippen LogP contribution >= 0.6 is 0 Å². The predicted molar refractivity (Wildman–Crippen MR) is 65.8 cm³/mol. The van der Waals surface area contributed by atoms with Crippen molar-refractivity contribution in [3.63, 3.8) is 0 Å². The highest BCUT2D eigenvalue weighted by molar-refractivity contribution is 5.62. The van der Waals surface area contributed by atoms with E-state index in [0.29, 0.717) is 17.5 Å². The lowest BCUT2D eigenvalue weighted by atomic mass is 10.1. The van der Waals surface area contributed by atoms with Gasteiger partial charge in [-0.2, -0.15) is 0 Å². The third-order valence-corrected chi connectivity index (χ3v) is 2.79. The third-order valence-electron chi connectivity index (χ3n) is 2.79. The van der Waals surface area contributed by atoms with E-state index in [9.17, 15) is 0 Å². The summed E-state index contributed by atoms with van der Waals surface area (Å²) >= 11 is 0. The molecule has 0 fully saturated rings. The van der Waals surface area contributed by atoms with Crippen LogP contribution in [0.3, 0.4) is 0 Å². The standard InChI is InChI=1S/C11H20N4/c1-4-8(5-2)15(3)10-7-6-9(12)11(13)14-10/h6-8H,4-5,12H2,1-3H3,(H2,13,14). The van der Waals surface area contributed by atoms with Gasteiger partial charge in [0.15, 0.2) is 0 Å². The zero-order chi connectivity index (χ0) is 11.4. The zero-order valence-electron chi connectivity index (χ0n) is 9.70. The number of rotatable bonds is 4. The van der Waals surface area contributed by atoms with Crippen molar-refractivity contribution < 1.29 is 0 Å². The molecule has 4 N–H and O–H groups in total. The Hall–Kier alpha value is -1.45. The highest BCUT2D eigenvalue weighted by Gasteiger charge is 2.12. The maximum atomic E-state index is 5.68. The summed E-state index contributed by atoms with van der Waals surface area (Å²) in [6.07, 6.45) is 2.19. The highest BCUT2D eigenvalue weighted by atomic mass is 15.2. The maximum Gasteiger partial charge on any atom is 0.149 e. The van der Waals surface area contributed by atoms with Gasteiger partial charge in [0.1, 0.15) is 11.6 Å². The van der Waals surface area contributed by atoms with Crippen LogP contribution in [0.25, 0.3) is 0 Å². The molecule has 0 atom stereocenters. The zero-order valence-corrected chi connectivity index (χ0v) is 9.70. The van der Waals surface area contributed by atoms with E-state index in [1.165, 1.54) is 0 Å². The van der Waals surface area contributed by atoms with E-state index in [2.05, 4.69) is 23.7 Å². The summed E-state index contributed by atoms with van der Waals surface area (Å²) in [7, 11) is 2.04. The highest BCUT2D eigenvalue weighted by Crippen LogP contribution is 2.20. The normalized spacial score (nSPS) is 10.7. The number of nitrogen functional groups attached to an aromatic ring is 2. The number of aromatic nitrogens is 1. The molecule has 0 unspecified atom stereocenters. The smallest absolute Gasteiger partial charge is 0.149 e. The largest absolute Gasteiger partial charge is 0.396 e. The fraction of sp³-hybridized carbons (Fsp3) is 0.545. The molecule has 1 rings (SSSR count).